The molecular formula is C9H8N3. The van der Waals surface area contributed by atoms with Gasteiger partial charge >= 0.3 is 0 Å². The SMILES string of the molecule is [c]1cc(Cn2ccnc2)ccn1. The molecule has 0 atom stereocenters. The van der Waals surface area contributed by atoms with Crippen molar-refractivity contribution in [2.45, 2.75) is 6.54 Å². The molecule has 2 aromatic heterocycles. The predicted octanol–water partition coefficient (Wildman–Crippen LogP) is 1.13. The lowest BCUT2D eigenvalue weighted by Gasteiger charge is -1.99. The number of rotatable bonds is 2. The van der Waals surface area contributed by atoms with Gasteiger partial charge in [-0.1, -0.05) is 0 Å². The Balaban J connectivity index is 2.15. The van der Waals surface area contributed by atoms with Gasteiger partial charge in [-0.3, -0.25) is 4.98 Å². The lowest BCUT2D eigenvalue weighted by Crippen LogP contribution is -1.95. The second kappa shape index (κ2) is 3.17. The molecule has 0 amide bonds. The summed E-state index contributed by atoms with van der Waals surface area (Å²) in [6.07, 6.45) is 10.0. The van der Waals surface area contributed by atoms with Gasteiger partial charge < -0.3 is 4.57 Å². The van der Waals surface area contributed by atoms with Crippen LogP contribution in [0.2, 0.25) is 0 Å². The van der Waals surface area contributed by atoms with Gasteiger partial charge in [0.1, 0.15) is 0 Å². The van der Waals surface area contributed by atoms with E-state index in [1.807, 2.05) is 22.9 Å². The zero-order valence-corrected chi connectivity index (χ0v) is 6.51. The molecule has 12 heavy (non-hydrogen) atoms. The van der Waals surface area contributed by atoms with Crippen LogP contribution >= 0.6 is 0 Å². The summed E-state index contributed by atoms with van der Waals surface area (Å²) in [5.41, 5.74) is 1.18. The van der Waals surface area contributed by atoms with Crippen molar-refractivity contribution in [3.8, 4) is 0 Å². The van der Waals surface area contributed by atoms with Crippen molar-refractivity contribution < 1.29 is 0 Å². The molecule has 3 nitrogen and oxygen atoms in total. The molecule has 0 saturated heterocycles. The lowest BCUT2D eigenvalue weighted by molar-refractivity contribution is 0.795. The molecule has 2 rings (SSSR count). The molecule has 3 heteroatoms. The highest BCUT2D eigenvalue weighted by Gasteiger charge is 1.91. The average Bonchev–Trinajstić information content (AvgIpc) is 2.59. The first kappa shape index (κ1) is 7.03. The summed E-state index contributed by atoms with van der Waals surface area (Å²) < 4.78 is 2.00. The van der Waals surface area contributed by atoms with E-state index in [0.29, 0.717) is 0 Å². The van der Waals surface area contributed by atoms with Crippen LogP contribution < -0.4 is 0 Å². The van der Waals surface area contributed by atoms with E-state index in [4.69, 9.17) is 0 Å². The zero-order chi connectivity index (χ0) is 8.23. The largest absolute Gasteiger partial charge is 0.333 e. The Hall–Kier alpha value is -1.64. The summed E-state index contributed by atoms with van der Waals surface area (Å²) in [6.45, 7) is 0.832. The molecule has 0 N–H and O–H groups in total. The van der Waals surface area contributed by atoms with E-state index in [0.717, 1.165) is 6.54 Å². The standard InChI is InChI=1S/C9H8N3/c1-3-10-4-2-9(1)7-12-6-5-11-8-12/h1-3,5-6,8H,7H2. The highest BCUT2D eigenvalue weighted by atomic mass is 15.0. The highest BCUT2D eigenvalue weighted by molar-refractivity contribution is 5.09. The molecule has 0 bridgehead atoms. The Bertz CT molecular complexity index is 326. The Morgan fingerprint density at radius 1 is 1.42 bits per heavy atom. The van der Waals surface area contributed by atoms with E-state index in [9.17, 15) is 0 Å². The maximum Gasteiger partial charge on any atom is 0.0949 e. The Morgan fingerprint density at radius 3 is 3.08 bits per heavy atom. The summed E-state index contributed by atoms with van der Waals surface area (Å²) >= 11 is 0. The van der Waals surface area contributed by atoms with Gasteiger partial charge in [0.05, 0.1) is 12.5 Å². The summed E-state index contributed by atoms with van der Waals surface area (Å²) in [7, 11) is 0. The first-order valence-electron chi connectivity index (χ1n) is 3.72. The Labute approximate surface area is 70.7 Å². The summed E-state index contributed by atoms with van der Waals surface area (Å²) in [5, 5.41) is 0. The van der Waals surface area contributed by atoms with Crippen molar-refractivity contribution in [2.24, 2.45) is 0 Å². The van der Waals surface area contributed by atoms with E-state index in [1.165, 1.54) is 5.56 Å². The second-order valence-corrected chi connectivity index (χ2v) is 2.53. The van der Waals surface area contributed by atoms with E-state index in [1.54, 1.807) is 18.7 Å². The van der Waals surface area contributed by atoms with Gasteiger partial charge in [-0.05, 0) is 17.7 Å². The van der Waals surface area contributed by atoms with Gasteiger partial charge in [-0.15, -0.1) is 0 Å². The second-order valence-electron chi connectivity index (χ2n) is 2.53. The number of nitrogens with zero attached hydrogens (tertiary/aromatic N) is 3. The van der Waals surface area contributed by atoms with E-state index >= 15 is 0 Å². The van der Waals surface area contributed by atoms with Crippen molar-refractivity contribution >= 4 is 0 Å². The molecule has 1 radical (unpaired) electrons. The van der Waals surface area contributed by atoms with Crippen LogP contribution in [0.15, 0.2) is 37.1 Å². The van der Waals surface area contributed by atoms with Crippen molar-refractivity contribution in [1.29, 1.82) is 0 Å². The predicted molar refractivity (Wildman–Crippen MR) is 44.4 cm³/mol. The van der Waals surface area contributed by atoms with Crippen LogP contribution in [0.3, 0.4) is 0 Å². The molecule has 2 aromatic rings. The van der Waals surface area contributed by atoms with Crippen molar-refractivity contribution in [3.63, 3.8) is 0 Å². The molecule has 0 aromatic carbocycles. The molecule has 0 unspecified atom stereocenters. The fraction of sp³-hybridized carbons (Fsp3) is 0.111. The highest BCUT2D eigenvalue weighted by Crippen LogP contribution is 1.98. The third-order valence-corrected chi connectivity index (χ3v) is 1.61. The summed E-state index contributed by atoms with van der Waals surface area (Å²) in [4.78, 5) is 7.78. The first-order valence-corrected chi connectivity index (χ1v) is 3.72. The van der Waals surface area contributed by atoms with E-state index in [2.05, 4.69) is 16.2 Å². The van der Waals surface area contributed by atoms with Crippen LogP contribution in [0.5, 0.6) is 0 Å². The average molecular weight is 158 g/mol. The van der Waals surface area contributed by atoms with Crippen LogP contribution in [0.25, 0.3) is 0 Å². The third kappa shape index (κ3) is 1.50. The van der Waals surface area contributed by atoms with Crippen LogP contribution in [0.1, 0.15) is 5.56 Å². The number of pyridine rings is 1. The van der Waals surface area contributed by atoms with Crippen LogP contribution in [0.4, 0.5) is 0 Å². The smallest absolute Gasteiger partial charge is 0.0949 e. The number of imidazole rings is 1. The van der Waals surface area contributed by atoms with Crippen molar-refractivity contribution in [1.82, 2.24) is 14.5 Å². The number of hydrogen-bond donors (Lipinski definition) is 0. The van der Waals surface area contributed by atoms with Gasteiger partial charge in [0.15, 0.2) is 0 Å². The maximum absolute atomic E-state index is 3.96. The molecule has 0 aliphatic heterocycles. The fourth-order valence-electron chi connectivity index (χ4n) is 1.03. The zero-order valence-electron chi connectivity index (χ0n) is 6.51. The third-order valence-electron chi connectivity index (χ3n) is 1.61. The maximum atomic E-state index is 3.96. The number of hydrogen-bond acceptors (Lipinski definition) is 2. The quantitative estimate of drug-likeness (QED) is 0.655. The minimum absolute atomic E-state index is 0.832. The van der Waals surface area contributed by atoms with Gasteiger partial charge in [0, 0.05) is 25.1 Å². The van der Waals surface area contributed by atoms with Gasteiger partial charge in [-0.2, -0.15) is 0 Å². The minimum atomic E-state index is 0.832. The van der Waals surface area contributed by atoms with Crippen LogP contribution in [-0.4, -0.2) is 14.5 Å². The van der Waals surface area contributed by atoms with Gasteiger partial charge in [0.2, 0.25) is 0 Å². The fourth-order valence-corrected chi connectivity index (χ4v) is 1.03. The van der Waals surface area contributed by atoms with E-state index in [-0.39, 0.29) is 0 Å². The number of aromatic nitrogens is 3. The summed E-state index contributed by atoms with van der Waals surface area (Å²) in [5.74, 6) is 0. The van der Waals surface area contributed by atoms with Crippen molar-refractivity contribution in [2.75, 3.05) is 0 Å². The van der Waals surface area contributed by atoms with Crippen LogP contribution in [0, 0.1) is 6.20 Å². The van der Waals surface area contributed by atoms with Crippen LogP contribution in [-0.2, 0) is 6.54 Å². The lowest BCUT2D eigenvalue weighted by atomic mass is 10.3. The monoisotopic (exact) mass is 158 g/mol. The van der Waals surface area contributed by atoms with Gasteiger partial charge in [0.25, 0.3) is 0 Å². The molecule has 0 aliphatic rings. The van der Waals surface area contributed by atoms with Gasteiger partial charge in [-0.25, -0.2) is 4.98 Å². The molecule has 0 spiro atoms. The first-order chi connectivity index (χ1) is 5.95. The normalized spacial score (nSPS) is 10.0. The Morgan fingerprint density at radius 2 is 2.42 bits per heavy atom. The minimum Gasteiger partial charge on any atom is -0.333 e. The van der Waals surface area contributed by atoms with Crippen molar-refractivity contribution in [3.05, 3.63) is 48.8 Å². The Kier molecular flexibility index (Phi) is 1.86. The van der Waals surface area contributed by atoms with E-state index < -0.39 is 0 Å². The molecule has 0 aliphatic carbocycles. The summed E-state index contributed by atoms with van der Waals surface area (Å²) in [6, 6.07) is 3.84. The molecule has 0 fully saturated rings. The topological polar surface area (TPSA) is 30.7 Å². The molecule has 0 saturated carbocycles. The molecular weight excluding hydrogens is 150 g/mol. The molecule has 59 valence electrons. The molecule has 2 heterocycles.